The molecular formula is C19H16Cl2O7S. The fraction of sp³-hybridized carbons (Fsp3) is 0.316. The summed E-state index contributed by atoms with van der Waals surface area (Å²) in [6.07, 6.45) is 0.165. The van der Waals surface area contributed by atoms with Crippen LogP contribution in [0.5, 0.6) is 11.5 Å². The number of aliphatic carboxylic acids is 1. The molecule has 0 aromatic heterocycles. The van der Waals surface area contributed by atoms with Gasteiger partial charge in [0.25, 0.3) is 10.1 Å². The van der Waals surface area contributed by atoms with E-state index in [1.54, 1.807) is 18.2 Å². The van der Waals surface area contributed by atoms with E-state index >= 15 is 0 Å². The average molecular weight is 459 g/mol. The van der Waals surface area contributed by atoms with E-state index in [1.807, 2.05) is 0 Å². The predicted octanol–water partition coefficient (Wildman–Crippen LogP) is 3.87. The summed E-state index contributed by atoms with van der Waals surface area (Å²) in [6, 6.07) is 9.13. The van der Waals surface area contributed by atoms with Gasteiger partial charge in [-0.05, 0) is 37.1 Å². The molecule has 0 bridgehead atoms. The van der Waals surface area contributed by atoms with Crippen molar-refractivity contribution in [2.45, 2.75) is 35.9 Å². The zero-order chi connectivity index (χ0) is 20.8. The van der Waals surface area contributed by atoms with Gasteiger partial charge in [0.15, 0.2) is 18.1 Å². The van der Waals surface area contributed by atoms with E-state index in [0.717, 1.165) is 5.56 Å². The Bertz CT molecular complexity index is 1050. The van der Waals surface area contributed by atoms with Crippen LogP contribution in [0.2, 0.25) is 10.0 Å². The molecule has 1 aliphatic carbocycles. The number of halogens is 2. The van der Waals surface area contributed by atoms with Crippen molar-refractivity contribution in [3.05, 3.63) is 52.0 Å². The van der Waals surface area contributed by atoms with Crippen molar-refractivity contribution in [1.29, 1.82) is 0 Å². The minimum absolute atomic E-state index is 0.115. The fourth-order valence-electron chi connectivity index (χ4n) is 3.78. The highest BCUT2D eigenvalue weighted by Crippen LogP contribution is 2.52. The van der Waals surface area contributed by atoms with Gasteiger partial charge >= 0.3 is 5.97 Å². The summed E-state index contributed by atoms with van der Waals surface area (Å²) in [7, 11) is -4.09. The quantitative estimate of drug-likeness (QED) is 0.655. The van der Waals surface area contributed by atoms with Crippen LogP contribution in [0.1, 0.15) is 24.3 Å². The number of para-hydroxylation sites is 1. The maximum atomic E-state index is 12.8. The van der Waals surface area contributed by atoms with Gasteiger partial charge in [-0.1, -0.05) is 35.3 Å². The number of benzene rings is 2. The Balaban J connectivity index is 1.60. The van der Waals surface area contributed by atoms with Crippen molar-refractivity contribution in [2.75, 3.05) is 6.61 Å². The molecule has 29 heavy (non-hydrogen) atoms. The molecule has 1 fully saturated rings. The minimum Gasteiger partial charge on any atom is -0.485 e. The van der Waals surface area contributed by atoms with Crippen molar-refractivity contribution in [3.63, 3.8) is 0 Å². The molecule has 2 aliphatic rings. The highest BCUT2D eigenvalue weighted by atomic mass is 35.5. The normalized spacial score (nSPS) is 22.6. The first-order valence-electron chi connectivity index (χ1n) is 8.78. The van der Waals surface area contributed by atoms with Gasteiger partial charge < -0.3 is 14.6 Å². The lowest BCUT2D eigenvalue weighted by Gasteiger charge is -2.18. The molecule has 1 heterocycles. The second-order valence-electron chi connectivity index (χ2n) is 6.81. The first-order valence-corrected chi connectivity index (χ1v) is 10.9. The van der Waals surface area contributed by atoms with Gasteiger partial charge in [-0.3, -0.25) is 4.18 Å². The molecule has 154 valence electrons. The third kappa shape index (κ3) is 4.02. The lowest BCUT2D eigenvalue weighted by Crippen LogP contribution is -2.24. The van der Waals surface area contributed by atoms with Crippen LogP contribution in [-0.4, -0.2) is 38.3 Å². The van der Waals surface area contributed by atoms with Gasteiger partial charge in [-0.15, -0.1) is 0 Å². The molecule has 0 spiro atoms. The Kier molecular flexibility index (Phi) is 5.37. The van der Waals surface area contributed by atoms with Crippen LogP contribution in [0.3, 0.4) is 0 Å². The monoisotopic (exact) mass is 458 g/mol. The zero-order valence-electron chi connectivity index (χ0n) is 14.9. The van der Waals surface area contributed by atoms with Crippen molar-refractivity contribution in [3.8, 4) is 11.5 Å². The molecule has 3 atom stereocenters. The highest BCUT2D eigenvalue weighted by molar-refractivity contribution is 7.86. The highest BCUT2D eigenvalue weighted by Gasteiger charge is 2.48. The summed E-state index contributed by atoms with van der Waals surface area (Å²) in [5.74, 6) is -0.682. The van der Waals surface area contributed by atoms with Gasteiger partial charge in [0.05, 0.1) is 16.9 Å². The number of carbonyl (C=O) groups is 1. The van der Waals surface area contributed by atoms with Crippen LogP contribution in [0.25, 0.3) is 0 Å². The fourth-order valence-corrected chi connectivity index (χ4v) is 5.64. The molecule has 3 unspecified atom stereocenters. The molecule has 2 aromatic carbocycles. The van der Waals surface area contributed by atoms with Crippen molar-refractivity contribution in [2.24, 2.45) is 0 Å². The van der Waals surface area contributed by atoms with Gasteiger partial charge in [0.1, 0.15) is 6.10 Å². The molecule has 10 heteroatoms. The topological polar surface area (TPSA) is 99.1 Å². The maximum absolute atomic E-state index is 12.8. The predicted molar refractivity (Wildman–Crippen MR) is 104 cm³/mol. The van der Waals surface area contributed by atoms with E-state index < -0.39 is 28.8 Å². The number of rotatable bonds is 6. The smallest absolute Gasteiger partial charge is 0.341 e. The molecule has 7 nitrogen and oxygen atoms in total. The SMILES string of the molecule is O=C(O)COc1cccc2c1OC1CCC(OS(=O)(=O)c3cc(Cl)cc(Cl)c3)C21. The lowest BCUT2D eigenvalue weighted by atomic mass is 9.95. The molecule has 0 amide bonds. The Morgan fingerprint density at radius 2 is 1.90 bits per heavy atom. The molecule has 1 N–H and O–H groups in total. The third-order valence-electron chi connectivity index (χ3n) is 4.90. The second kappa shape index (κ2) is 7.68. The van der Waals surface area contributed by atoms with Crippen molar-refractivity contribution in [1.82, 2.24) is 0 Å². The first kappa shape index (κ1) is 20.3. The van der Waals surface area contributed by atoms with E-state index in [1.165, 1.54) is 18.2 Å². The molecule has 1 aliphatic heterocycles. The largest absolute Gasteiger partial charge is 0.485 e. The zero-order valence-corrected chi connectivity index (χ0v) is 17.2. The summed E-state index contributed by atoms with van der Waals surface area (Å²) in [6.45, 7) is -0.501. The molecule has 2 aromatic rings. The van der Waals surface area contributed by atoms with Crippen LogP contribution in [0.4, 0.5) is 0 Å². The number of carboxylic acid groups (broad SMARTS) is 1. The molecule has 0 saturated heterocycles. The Labute approximate surface area is 177 Å². The summed E-state index contributed by atoms with van der Waals surface area (Å²) in [5.41, 5.74) is 0.736. The van der Waals surface area contributed by atoms with Gasteiger partial charge in [-0.25, -0.2) is 4.79 Å². The number of fused-ring (bicyclic) bond motifs is 3. The Morgan fingerprint density at radius 3 is 2.59 bits per heavy atom. The van der Waals surface area contributed by atoms with Crippen LogP contribution in [-0.2, 0) is 19.1 Å². The first-order chi connectivity index (χ1) is 13.7. The van der Waals surface area contributed by atoms with E-state index in [-0.39, 0.29) is 27.0 Å². The maximum Gasteiger partial charge on any atom is 0.341 e. The van der Waals surface area contributed by atoms with Crippen LogP contribution in [0, 0.1) is 0 Å². The minimum atomic E-state index is -4.09. The van der Waals surface area contributed by atoms with Crippen molar-refractivity contribution < 1.29 is 32.0 Å². The number of carboxylic acids is 1. The summed E-state index contributed by atoms with van der Waals surface area (Å²) in [4.78, 5) is 10.7. The third-order valence-corrected chi connectivity index (χ3v) is 6.65. The van der Waals surface area contributed by atoms with Gasteiger partial charge in [0.2, 0.25) is 0 Å². The second-order valence-corrected chi connectivity index (χ2v) is 9.26. The Hall–Kier alpha value is -2.00. The van der Waals surface area contributed by atoms with Crippen molar-refractivity contribution >= 4 is 39.3 Å². The molecule has 1 saturated carbocycles. The van der Waals surface area contributed by atoms with E-state index in [0.29, 0.717) is 24.3 Å². The Morgan fingerprint density at radius 1 is 1.17 bits per heavy atom. The van der Waals surface area contributed by atoms with Gasteiger partial charge in [0, 0.05) is 15.6 Å². The lowest BCUT2D eigenvalue weighted by molar-refractivity contribution is -0.139. The van der Waals surface area contributed by atoms with Gasteiger partial charge in [-0.2, -0.15) is 8.42 Å². The summed E-state index contributed by atoms with van der Waals surface area (Å²) >= 11 is 11.8. The van der Waals surface area contributed by atoms with Crippen LogP contribution >= 0.6 is 23.2 Å². The standard InChI is InChI=1S/C19H16Cl2O7S/c20-10-6-11(21)8-12(7-10)29(24,25)28-15-5-4-14-18(15)13-2-1-3-16(19(13)27-14)26-9-17(22)23/h1-3,6-8,14-15,18H,4-5,9H2,(H,22,23). The summed E-state index contributed by atoms with van der Waals surface area (Å²) < 4.78 is 42.3. The number of hydrogen-bond donors (Lipinski definition) is 1. The number of hydrogen-bond acceptors (Lipinski definition) is 6. The molecular weight excluding hydrogens is 443 g/mol. The number of ether oxygens (including phenoxy) is 2. The van der Waals surface area contributed by atoms with E-state index in [2.05, 4.69) is 0 Å². The molecule has 0 radical (unpaired) electrons. The average Bonchev–Trinajstić information content (AvgIpc) is 3.19. The molecule has 4 rings (SSSR count). The summed E-state index contributed by atoms with van der Waals surface area (Å²) in [5, 5.41) is 9.22. The van der Waals surface area contributed by atoms with E-state index in [4.69, 9.17) is 42.0 Å². The van der Waals surface area contributed by atoms with Crippen LogP contribution in [0.15, 0.2) is 41.3 Å². The van der Waals surface area contributed by atoms with Crippen LogP contribution < -0.4 is 9.47 Å². The van der Waals surface area contributed by atoms with E-state index in [9.17, 15) is 13.2 Å².